The second-order valence-electron chi connectivity index (χ2n) is 8.24. The fraction of sp³-hybridized carbons (Fsp3) is 0.160. The number of aryl methyl sites for hydroxylation is 1. The molecule has 0 fully saturated rings. The van der Waals surface area contributed by atoms with Crippen LogP contribution in [0.1, 0.15) is 12.6 Å². The van der Waals surface area contributed by atoms with E-state index in [0.717, 1.165) is 34.3 Å². The van der Waals surface area contributed by atoms with E-state index in [0.29, 0.717) is 5.56 Å². The van der Waals surface area contributed by atoms with E-state index in [2.05, 4.69) is 15.2 Å². The predicted octanol–water partition coefficient (Wildman–Crippen LogP) is 4.68. The van der Waals surface area contributed by atoms with Crippen LogP contribution >= 0.6 is 0 Å². The first-order valence-electron chi connectivity index (χ1n) is 10.9. The smallest absolute Gasteiger partial charge is 0.155 e. The highest BCUT2D eigenvalue weighted by atomic mass is 32.2. The number of hydrogen-bond donors (Lipinski definition) is 0. The van der Waals surface area contributed by atoms with Crippen LogP contribution in [-0.4, -0.2) is 38.5 Å². The van der Waals surface area contributed by atoms with Crippen molar-refractivity contribution in [3.8, 4) is 33.5 Å². The van der Waals surface area contributed by atoms with E-state index in [1.807, 2.05) is 31.6 Å². The Labute approximate surface area is 200 Å². The highest BCUT2D eigenvalue weighted by molar-refractivity contribution is 7.90. The molecule has 1 aromatic carbocycles. The van der Waals surface area contributed by atoms with Gasteiger partial charge in [0.1, 0.15) is 11.6 Å². The topological polar surface area (TPSA) is 82.1 Å². The van der Waals surface area contributed by atoms with Crippen molar-refractivity contribution in [2.45, 2.75) is 12.7 Å². The van der Waals surface area contributed by atoms with E-state index in [-0.39, 0.29) is 28.5 Å². The molecular formula is C25H21F2N5O2S. The maximum Gasteiger partial charge on any atom is 0.155 e. The summed E-state index contributed by atoms with van der Waals surface area (Å²) in [5.41, 5.74) is 4.57. The molecule has 0 saturated carbocycles. The molecule has 4 aromatic heterocycles. The van der Waals surface area contributed by atoms with E-state index in [1.54, 1.807) is 40.6 Å². The Balaban J connectivity index is 1.65. The molecule has 5 rings (SSSR count). The van der Waals surface area contributed by atoms with Crippen LogP contribution in [0.3, 0.4) is 0 Å². The molecule has 0 saturated heterocycles. The molecular weight excluding hydrogens is 472 g/mol. The van der Waals surface area contributed by atoms with Crippen molar-refractivity contribution in [2.75, 3.05) is 5.75 Å². The first-order valence-corrected chi connectivity index (χ1v) is 12.7. The lowest BCUT2D eigenvalue weighted by atomic mass is 10.0. The quantitative estimate of drug-likeness (QED) is 0.343. The number of rotatable bonds is 6. The molecule has 0 aliphatic heterocycles. The minimum absolute atomic E-state index is 0.0486. The summed E-state index contributed by atoms with van der Waals surface area (Å²) in [6.07, 6.45) is 7.21. The summed E-state index contributed by atoms with van der Waals surface area (Å²) in [5.74, 6) is -1.83. The van der Waals surface area contributed by atoms with Crippen LogP contribution in [0.25, 0.3) is 39.0 Å². The Morgan fingerprint density at radius 1 is 0.886 bits per heavy atom. The fourth-order valence-corrected chi connectivity index (χ4v) is 4.73. The van der Waals surface area contributed by atoms with E-state index in [9.17, 15) is 17.2 Å². The highest BCUT2D eigenvalue weighted by Crippen LogP contribution is 2.32. The first kappa shape index (κ1) is 22.9. The van der Waals surface area contributed by atoms with Crippen molar-refractivity contribution < 1.29 is 17.2 Å². The average molecular weight is 494 g/mol. The molecule has 0 aliphatic rings. The van der Waals surface area contributed by atoms with Gasteiger partial charge in [-0.1, -0.05) is 13.0 Å². The summed E-state index contributed by atoms with van der Waals surface area (Å²) in [6.45, 7) is 1.56. The molecule has 0 amide bonds. The lowest BCUT2D eigenvalue weighted by Gasteiger charge is -2.10. The summed E-state index contributed by atoms with van der Waals surface area (Å²) >= 11 is 0. The van der Waals surface area contributed by atoms with Gasteiger partial charge < -0.3 is 0 Å². The van der Waals surface area contributed by atoms with Gasteiger partial charge in [-0.3, -0.25) is 9.67 Å². The third kappa shape index (κ3) is 4.57. The molecule has 7 nitrogen and oxygen atoms in total. The maximum atomic E-state index is 14.6. The monoisotopic (exact) mass is 493 g/mol. The SMILES string of the molecule is CCS(=O)(=O)Cc1cc(-c2cnn3cc(-c4cnn(C)c4)ccc23)cc(-c2ccc(F)cc2F)n1. The lowest BCUT2D eigenvalue weighted by Crippen LogP contribution is -2.08. The van der Waals surface area contributed by atoms with Crippen LogP contribution < -0.4 is 0 Å². The van der Waals surface area contributed by atoms with Crippen molar-refractivity contribution >= 4 is 15.4 Å². The minimum Gasteiger partial charge on any atom is -0.275 e. The molecule has 5 aromatic rings. The maximum absolute atomic E-state index is 14.6. The number of pyridine rings is 2. The van der Waals surface area contributed by atoms with Crippen LogP contribution in [0.15, 0.2) is 67.3 Å². The molecule has 178 valence electrons. The van der Waals surface area contributed by atoms with Gasteiger partial charge >= 0.3 is 0 Å². The highest BCUT2D eigenvalue weighted by Gasteiger charge is 2.17. The van der Waals surface area contributed by atoms with Gasteiger partial charge in [0.2, 0.25) is 0 Å². The Bertz CT molecular complexity index is 1670. The molecule has 0 spiro atoms. The van der Waals surface area contributed by atoms with Crippen molar-refractivity contribution in [3.63, 3.8) is 0 Å². The van der Waals surface area contributed by atoms with Gasteiger partial charge in [0.25, 0.3) is 0 Å². The van der Waals surface area contributed by atoms with Crippen LogP contribution in [0.4, 0.5) is 8.78 Å². The number of fused-ring (bicyclic) bond motifs is 1. The second-order valence-corrected chi connectivity index (χ2v) is 10.6. The van der Waals surface area contributed by atoms with Crippen LogP contribution in [0.5, 0.6) is 0 Å². The summed E-state index contributed by atoms with van der Waals surface area (Å²) in [4.78, 5) is 4.40. The largest absolute Gasteiger partial charge is 0.275 e. The zero-order valence-corrected chi connectivity index (χ0v) is 19.8. The number of sulfone groups is 1. The average Bonchev–Trinajstić information content (AvgIpc) is 3.44. The molecule has 0 unspecified atom stereocenters. The van der Waals surface area contributed by atoms with Gasteiger partial charge in [-0.15, -0.1) is 0 Å². The first-order chi connectivity index (χ1) is 16.7. The lowest BCUT2D eigenvalue weighted by molar-refractivity contribution is 0.585. The zero-order chi connectivity index (χ0) is 24.7. The molecule has 0 aliphatic carbocycles. The van der Waals surface area contributed by atoms with Gasteiger partial charge in [0.05, 0.1) is 35.1 Å². The van der Waals surface area contributed by atoms with Crippen LogP contribution in [-0.2, 0) is 22.6 Å². The molecule has 4 heterocycles. The number of aromatic nitrogens is 5. The fourth-order valence-electron chi connectivity index (χ4n) is 3.93. The van der Waals surface area contributed by atoms with E-state index < -0.39 is 21.5 Å². The second kappa shape index (κ2) is 8.70. The Hall–Kier alpha value is -3.92. The Morgan fingerprint density at radius 2 is 1.71 bits per heavy atom. The summed E-state index contributed by atoms with van der Waals surface area (Å²) < 4.78 is 56.2. The molecule has 10 heteroatoms. The third-order valence-corrected chi connectivity index (χ3v) is 7.37. The van der Waals surface area contributed by atoms with E-state index in [1.165, 1.54) is 6.07 Å². The van der Waals surface area contributed by atoms with E-state index in [4.69, 9.17) is 0 Å². The third-order valence-electron chi connectivity index (χ3n) is 5.76. The van der Waals surface area contributed by atoms with E-state index >= 15 is 0 Å². The molecule has 0 N–H and O–H groups in total. The summed E-state index contributed by atoms with van der Waals surface area (Å²) in [7, 11) is -1.55. The number of halogens is 2. The normalized spacial score (nSPS) is 11.9. The molecule has 0 radical (unpaired) electrons. The van der Waals surface area contributed by atoms with Crippen molar-refractivity contribution in [3.05, 3.63) is 84.6 Å². The predicted molar refractivity (Wildman–Crippen MR) is 129 cm³/mol. The Kier molecular flexibility index (Phi) is 5.68. The number of benzene rings is 1. The van der Waals surface area contributed by atoms with Gasteiger partial charge in [-0.2, -0.15) is 10.2 Å². The molecule has 0 atom stereocenters. The standard InChI is InChI=1S/C25H21F2N5O2S/c1-3-35(33,34)15-20-8-17(9-24(30-20)21-6-5-19(26)10-23(21)27)22-12-29-32-14-16(4-7-25(22)32)18-11-28-31(2)13-18/h4-14H,3,15H2,1-2H3. The van der Waals surface area contributed by atoms with Gasteiger partial charge in [0, 0.05) is 53.5 Å². The zero-order valence-electron chi connectivity index (χ0n) is 19.0. The number of hydrogen-bond acceptors (Lipinski definition) is 5. The Morgan fingerprint density at radius 3 is 2.43 bits per heavy atom. The summed E-state index contributed by atoms with van der Waals surface area (Å²) in [5, 5.41) is 8.67. The summed E-state index contributed by atoms with van der Waals surface area (Å²) in [6, 6.07) is 10.4. The van der Waals surface area contributed by atoms with Crippen molar-refractivity contribution in [1.29, 1.82) is 0 Å². The molecule has 0 bridgehead atoms. The molecule has 35 heavy (non-hydrogen) atoms. The van der Waals surface area contributed by atoms with Gasteiger partial charge in [-0.25, -0.2) is 21.7 Å². The minimum atomic E-state index is -3.40. The van der Waals surface area contributed by atoms with Crippen LogP contribution in [0, 0.1) is 11.6 Å². The van der Waals surface area contributed by atoms with Gasteiger partial charge in [0.15, 0.2) is 9.84 Å². The van der Waals surface area contributed by atoms with Gasteiger partial charge in [-0.05, 0) is 35.9 Å². The van der Waals surface area contributed by atoms with Crippen molar-refractivity contribution in [1.82, 2.24) is 24.4 Å². The number of nitrogens with zero attached hydrogens (tertiary/aromatic N) is 5. The van der Waals surface area contributed by atoms with Crippen molar-refractivity contribution in [2.24, 2.45) is 7.05 Å². The van der Waals surface area contributed by atoms with Crippen LogP contribution in [0.2, 0.25) is 0 Å².